The maximum absolute atomic E-state index is 13.7. The van der Waals surface area contributed by atoms with Crippen molar-refractivity contribution in [3.63, 3.8) is 0 Å². The van der Waals surface area contributed by atoms with E-state index in [1.54, 1.807) is 6.92 Å². The highest BCUT2D eigenvalue weighted by molar-refractivity contribution is 6.41. The lowest BCUT2D eigenvalue weighted by atomic mass is 9.76. The first-order chi connectivity index (χ1) is 19.1. The van der Waals surface area contributed by atoms with Crippen LogP contribution in [0.5, 0.6) is 0 Å². The fraction of sp³-hybridized carbons (Fsp3) is 0.909. The normalized spacial score (nSPS) is 53.9. The van der Waals surface area contributed by atoms with E-state index in [1.807, 2.05) is 0 Å². The van der Waals surface area contributed by atoms with Gasteiger partial charge in [-0.25, -0.2) is 0 Å². The van der Waals surface area contributed by atoms with Crippen molar-refractivity contribution in [1.82, 2.24) is 21.3 Å². The zero-order valence-electron chi connectivity index (χ0n) is 25.8. The molecule has 1 saturated carbocycles. The summed E-state index contributed by atoms with van der Waals surface area (Å²) < 4.78 is 0. The van der Waals surface area contributed by atoms with E-state index in [0.29, 0.717) is 41.5 Å². The largest absolute Gasteiger partial charge is 0.311 e. The molecule has 0 amide bonds. The van der Waals surface area contributed by atoms with Crippen LogP contribution in [0.4, 0.5) is 0 Å². The number of carbonyl (C=O) groups excluding carboxylic acids is 3. The molecule has 0 aromatic rings. The molecule has 224 valence electrons. The first-order valence-electron chi connectivity index (χ1n) is 16.7. The number of fused-ring (bicyclic) bond motifs is 8. The summed E-state index contributed by atoms with van der Waals surface area (Å²) in [6, 6.07) is 1.71. The lowest BCUT2D eigenvalue weighted by molar-refractivity contribution is -0.138. The number of Topliss-reactive ketones (excluding diaryl/α,β-unsaturated/α-hetero) is 3. The lowest BCUT2D eigenvalue weighted by Crippen LogP contribution is -2.50. The van der Waals surface area contributed by atoms with E-state index in [1.165, 1.54) is 0 Å². The zero-order valence-corrected chi connectivity index (χ0v) is 25.8. The number of nitrogens with one attached hydrogen (secondary N) is 4. The molecule has 6 rings (SSSR count). The molecule has 0 radical (unpaired) electrons. The molecule has 17 atom stereocenters. The Labute approximate surface area is 241 Å². The van der Waals surface area contributed by atoms with Gasteiger partial charge in [-0.15, -0.1) is 0 Å². The molecule has 6 aliphatic rings. The third-order valence-electron chi connectivity index (χ3n) is 13.2. The van der Waals surface area contributed by atoms with Gasteiger partial charge in [-0.1, -0.05) is 54.4 Å². The molecule has 0 aromatic heterocycles. The van der Waals surface area contributed by atoms with Gasteiger partial charge in [0, 0.05) is 60.2 Å². The number of hydrogen-bond donors (Lipinski definition) is 4. The van der Waals surface area contributed by atoms with E-state index in [4.69, 9.17) is 0 Å². The topological polar surface area (TPSA) is 99.3 Å². The Bertz CT molecular complexity index is 1020. The number of carbonyl (C=O) groups is 3. The predicted molar refractivity (Wildman–Crippen MR) is 157 cm³/mol. The van der Waals surface area contributed by atoms with E-state index < -0.39 is 0 Å². The summed E-state index contributed by atoms with van der Waals surface area (Å²) >= 11 is 0. The van der Waals surface area contributed by atoms with Crippen LogP contribution in [-0.4, -0.2) is 65.7 Å². The monoisotopic (exact) mass is 554 g/mol. The number of rotatable bonds is 4. The minimum absolute atomic E-state index is 0.0336. The van der Waals surface area contributed by atoms with Gasteiger partial charge in [-0.2, -0.15) is 0 Å². The van der Waals surface area contributed by atoms with Gasteiger partial charge in [-0.3, -0.25) is 14.4 Å². The van der Waals surface area contributed by atoms with E-state index in [-0.39, 0.29) is 77.4 Å². The third-order valence-corrected chi connectivity index (χ3v) is 13.2. The van der Waals surface area contributed by atoms with Gasteiger partial charge in [0.1, 0.15) is 5.78 Å². The fourth-order valence-corrected chi connectivity index (χ4v) is 11.1. The first kappa shape index (κ1) is 28.9. The minimum atomic E-state index is -0.279. The quantitative estimate of drug-likeness (QED) is 0.397. The van der Waals surface area contributed by atoms with Crippen molar-refractivity contribution >= 4 is 17.3 Å². The zero-order chi connectivity index (χ0) is 28.6. The molecule has 7 nitrogen and oxygen atoms in total. The van der Waals surface area contributed by atoms with Crippen LogP contribution >= 0.6 is 0 Å². The number of hydrogen-bond acceptors (Lipinski definition) is 7. The van der Waals surface area contributed by atoms with Crippen LogP contribution in [0.1, 0.15) is 87.0 Å². The van der Waals surface area contributed by atoms with Crippen LogP contribution in [0, 0.1) is 53.3 Å². The second-order valence-electron chi connectivity index (χ2n) is 14.9. The summed E-state index contributed by atoms with van der Waals surface area (Å²) in [6.07, 6.45) is 6.21. The van der Waals surface area contributed by atoms with E-state index >= 15 is 0 Å². The van der Waals surface area contributed by atoms with Crippen molar-refractivity contribution in [2.24, 2.45) is 53.3 Å². The van der Waals surface area contributed by atoms with Crippen LogP contribution in [0.15, 0.2) is 0 Å². The van der Waals surface area contributed by atoms with Gasteiger partial charge < -0.3 is 21.3 Å². The Balaban J connectivity index is 1.38. The van der Waals surface area contributed by atoms with Gasteiger partial charge in [0.25, 0.3) is 0 Å². The molecule has 6 fully saturated rings. The average molecular weight is 555 g/mol. The molecule has 0 aromatic carbocycles. The van der Waals surface area contributed by atoms with Crippen LogP contribution in [0.25, 0.3) is 0 Å². The Kier molecular flexibility index (Phi) is 7.85. The number of ketones is 3. The molecule has 4 N–H and O–H groups in total. The summed E-state index contributed by atoms with van der Waals surface area (Å²) in [5.74, 6) is 1.97. The van der Waals surface area contributed by atoms with Crippen LogP contribution in [0.2, 0.25) is 0 Å². The molecule has 17 unspecified atom stereocenters. The van der Waals surface area contributed by atoms with E-state index in [0.717, 1.165) is 38.5 Å². The standard InChI is InChI=1S/C33H54N4O3/c1-8-10-20-15(4)22-11-23-16(5)27(18(7)38)26(35-23)13-21-14(3)19(9-2)25(34-21)12-24-17(6)28-31(37-24)29(30(20)36-22)33(40)32(28)39/h14-17,19-31,34-37H,8-13H2,1-7H3. The Hall–Kier alpha value is -1.15. The summed E-state index contributed by atoms with van der Waals surface area (Å²) in [5, 5.41) is 16.0. The third kappa shape index (κ3) is 4.39. The van der Waals surface area contributed by atoms with Gasteiger partial charge in [0.2, 0.25) is 11.6 Å². The summed E-state index contributed by atoms with van der Waals surface area (Å²) in [6.45, 7) is 15.6. The van der Waals surface area contributed by atoms with Gasteiger partial charge >= 0.3 is 0 Å². The minimum Gasteiger partial charge on any atom is -0.311 e. The maximum Gasteiger partial charge on any atom is 0.204 e. The molecule has 1 aliphatic carbocycles. The highest BCUT2D eigenvalue weighted by Gasteiger charge is 2.62. The van der Waals surface area contributed by atoms with E-state index in [9.17, 15) is 14.4 Å². The SMILES string of the molecule is CCCC1C(C)C2CC3NC(CC4NC(CC5NC6C(C(=O)C(=O)C6C1N2)C5C)C(CC)C4C)C(C(C)=O)C3C. The summed E-state index contributed by atoms with van der Waals surface area (Å²) in [7, 11) is 0. The smallest absolute Gasteiger partial charge is 0.204 e. The van der Waals surface area contributed by atoms with Crippen molar-refractivity contribution < 1.29 is 14.4 Å². The van der Waals surface area contributed by atoms with Crippen molar-refractivity contribution in [3.05, 3.63) is 0 Å². The Morgan fingerprint density at radius 1 is 0.650 bits per heavy atom. The Morgan fingerprint density at radius 3 is 1.85 bits per heavy atom. The van der Waals surface area contributed by atoms with Crippen LogP contribution in [0.3, 0.4) is 0 Å². The van der Waals surface area contributed by atoms with Crippen molar-refractivity contribution in [2.75, 3.05) is 0 Å². The molecule has 5 saturated heterocycles. The molecular formula is C33H54N4O3. The van der Waals surface area contributed by atoms with Gasteiger partial charge in [-0.05, 0) is 68.1 Å². The highest BCUT2D eigenvalue weighted by atomic mass is 16.2. The molecule has 0 spiro atoms. The van der Waals surface area contributed by atoms with Crippen molar-refractivity contribution in [3.8, 4) is 0 Å². The maximum atomic E-state index is 13.7. The van der Waals surface area contributed by atoms with Gasteiger partial charge in [0.05, 0.1) is 5.92 Å². The Morgan fingerprint density at radius 2 is 1.18 bits per heavy atom. The van der Waals surface area contributed by atoms with Crippen LogP contribution in [-0.2, 0) is 14.4 Å². The molecule has 5 heterocycles. The first-order valence-corrected chi connectivity index (χ1v) is 16.7. The lowest BCUT2D eigenvalue weighted by Gasteiger charge is -2.31. The summed E-state index contributed by atoms with van der Waals surface area (Å²) in [4.78, 5) is 40.3. The predicted octanol–water partition coefficient (Wildman–Crippen LogP) is 3.11. The molecule has 5 aliphatic heterocycles. The van der Waals surface area contributed by atoms with Crippen molar-refractivity contribution in [1.29, 1.82) is 0 Å². The summed E-state index contributed by atoms with van der Waals surface area (Å²) in [5.41, 5.74) is 0. The molecular weight excluding hydrogens is 500 g/mol. The van der Waals surface area contributed by atoms with Crippen LogP contribution < -0.4 is 21.3 Å². The average Bonchev–Trinajstić information content (AvgIpc) is 3.63. The van der Waals surface area contributed by atoms with Gasteiger partial charge in [0.15, 0.2) is 0 Å². The second-order valence-corrected chi connectivity index (χ2v) is 14.9. The van der Waals surface area contributed by atoms with E-state index in [2.05, 4.69) is 62.8 Å². The molecule has 7 heteroatoms. The molecule has 8 bridgehead atoms. The van der Waals surface area contributed by atoms with Crippen molar-refractivity contribution in [2.45, 2.75) is 135 Å². The highest BCUT2D eigenvalue weighted by Crippen LogP contribution is 2.48. The second kappa shape index (κ2) is 10.8. The molecule has 40 heavy (non-hydrogen) atoms. The fourth-order valence-electron chi connectivity index (χ4n) is 11.1.